The van der Waals surface area contributed by atoms with Gasteiger partial charge in [-0.15, -0.1) is 0 Å². The van der Waals surface area contributed by atoms with Crippen LogP contribution in [0.1, 0.15) is 140 Å². The number of amides is 13. The van der Waals surface area contributed by atoms with Crippen LogP contribution in [0.25, 0.3) is 0 Å². The smallest absolute Gasteiger partial charge is 0.326 e. The lowest BCUT2D eigenvalue weighted by atomic mass is 9.95. The summed E-state index contributed by atoms with van der Waals surface area (Å²) in [5.74, 6) is -14.9. The van der Waals surface area contributed by atoms with Crippen LogP contribution in [-0.2, 0) is 73.5 Å². The van der Waals surface area contributed by atoms with Gasteiger partial charge in [0.1, 0.15) is 72.2 Å². The Morgan fingerprint density at radius 2 is 0.915 bits per heavy atom. The van der Waals surface area contributed by atoms with Crippen LogP contribution in [-0.4, -0.2) is 195 Å². The van der Waals surface area contributed by atoms with Crippen molar-refractivity contribution < 1.29 is 82.4 Å². The van der Waals surface area contributed by atoms with Crippen LogP contribution < -0.4 is 81.4 Å². The van der Waals surface area contributed by atoms with Gasteiger partial charge in [-0.1, -0.05) is 73.9 Å². The van der Waals surface area contributed by atoms with Crippen LogP contribution in [0.4, 0.5) is 0 Å². The van der Waals surface area contributed by atoms with Crippen LogP contribution in [0.5, 0.6) is 5.75 Å². The van der Waals surface area contributed by atoms with E-state index >= 15 is 0 Å². The van der Waals surface area contributed by atoms with Gasteiger partial charge in [-0.3, -0.25) is 62.3 Å². The Bertz CT molecular complexity index is 2740. The number of nitrogens with one attached hydrogen (secondary N) is 11. The van der Waals surface area contributed by atoms with Crippen molar-refractivity contribution in [2.75, 3.05) is 18.6 Å². The number of aliphatic carboxylic acids is 1. The molecule has 94 heavy (non-hydrogen) atoms. The number of primary amides is 2. The Morgan fingerprint density at radius 3 is 1.36 bits per heavy atom. The monoisotopic (exact) mass is 1350 g/mol. The summed E-state index contributed by atoms with van der Waals surface area (Å²) < 4.78 is 0. The van der Waals surface area contributed by atoms with Gasteiger partial charge in [0.25, 0.3) is 0 Å². The van der Waals surface area contributed by atoms with E-state index < -0.39 is 198 Å². The van der Waals surface area contributed by atoms with Crippen LogP contribution >= 0.6 is 11.8 Å². The normalized spacial score (nSPS) is 15.8. The molecule has 22 N–H and O–H groups in total. The van der Waals surface area contributed by atoms with E-state index in [1.54, 1.807) is 41.5 Å². The first kappa shape index (κ1) is 83.8. The lowest BCUT2D eigenvalue weighted by Crippen LogP contribution is -2.62. The minimum Gasteiger partial charge on any atom is -0.508 e. The molecule has 0 aromatic heterocycles. The number of phenolic OH excluding ortho intramolecular Hbond substituents is 1. The minimum absolute atomic E-state index is 0.0279. The first-order valence-electron chi connectivity index (χ1n) is 31.4. The van der Waals surface area contributed by atoms with Gasteiger partial charge in [0.15, 0.2) is 0 Å². The number of aliphatic hydroxyl groups is 1. The van der Waals surface area contributed by atoms with Crippen LogP contribution in [0.15, 0.2) is 24.3 Å². The number of carbonyl (C=O) groups excluding carboxylic acids is 13. The maximum atomic E-state index is 14.3. The molecule has 0 aliphatic heterocycles. The summed E-state index contributed by atoms with van der Waals surface area (Å²) >= 11 is 1.48. The topological polar surface area (TPSA) is 536 Å². The van der Waals surface area contributed by atoms with E-state index in [0.717, 1.165) is 6.92 Å². The quantitative estimate of drug-likeness (QED) is 0.0282. The third-order valence-corrected chi connectivity index (χ3v) is 15.7. The number of carbonyl (C=O) groups is 14. The summed E-state index contributed by atoms with van der Waals surface area (Å²) in [6.07, 6.45) is -0.0950. The summed E-state index contributed by atoms with van der Waals surface area (Å²) in [6.45, 7) is 17.0. The molecular weight excluding hydrogens is 1250 g/mol. The SMILES string of the molecule is CC[C@H](C)[C@H](NC(=O)[C@H](CC(N)=O)NC(=O)[C@H](CC(C)C)NC(=O)[C@@H](N)CCSC)C(=O)N[C@H](C(=O)N[C@@H](CCCCN)C(=O)N[C@@H](C)C(=O)N[C@H](C(=O)N[C@H](C(=O)N[C@@H](CCC(N)=O)C(=O)N[C@@H](C)C(=O)N[C@@H](Cc1ccc(O)cc1)C(=O)O)C(C)C)[C@@H](C)O)C(C)C. The molecule has 530 valence electrons. The first-order valence-corrected chi connectivity index (χ1v) is 32.8. The molecule has 0 heterocycles. The van der Waals surface area contributed by atoms with Crippen molar-refractivity contribution in [3.8, 4) is 5.75 Å². The predicted octanol–water partition coefficient (Wildman–Crippen LogP) is -3.47. The third-order valence-electron chi connectivity index (χ3n) is 15.1. The molecule has 33 heteroatoms. The molecule has 32 nitrogen and oxygen atoms in total. The highest BCUT2D eigenvalue weighted by Crippen LogP contribution is 2.16. The van der Waals surface area contributed by atoms with E-state index in [2.05, 4.69) is 58.5 Å². The molecule has 14 atom stereocenters. The molecule has 1 aromatic carbocycles. The number of carboxylic acids is 1. The molecular formula is C61H103N15O17S. The Labute approximate surface area is 553 Å². The number of benzene rings is 1. The van der Waals surface area contributed by atoms with Crippen molar-refractivity contribution in [3.05, 3.63) is 29.8 Å². The number of phenols is 1. The van der Waals surface area contributed by atoms with Crippen molar-refractivity contribution in [3.63, 3.8) is 0 Å². The zero-order valence-electron chi connectivity index (χ0n) is 55.9. The number of aromatic hydroxyl groups is 1. The number of hydrogen-bond donors (Lipinski definition) is 18. The number of rotatable bonds is 44. The van der Waals surface area contributed by atoms with Gasteiger partial charge in [0.05, 0.1) is 18.6 Å². The molecule has 0 spiro atoms. The lowest BCUT2D eigenvalue weighted by molar-refractivity contribution is -0.142. The largest absolute Gasteiger partial charge is 0.508 e. The third kappa shape index (κ3) is 30.3. The Balaban J connectivity index is 3.34. The van der Waals surface area contributed by atoms with Gasteiger partial charge in [0, 0.05) is 12.8 Å². The molecule has 0 saturated heterocycles. The zero-order chi connectivity index (χ0) is 71.9. The summed E-state index contributed by atoms with van der Waals surface area (Å²) in [4.78, 5) is 188. The molecule has 13 amide bonds. The summed E-state index contributed by atoms with van der Waals surface area (Å²) in [7, 11) is 0. The molecule has 1 rings (SSSR count). The van der Waals surface area contributed by atoms with Crippen LogP contribution in [0, 0.1) is 23.7 Å². The van der Waals surface area contributed by atoms with Crippen molar-refractivity contribution >= 4 is 94.5 Å². The Hall–Kier alpha value is -8.17. The summed E-state index contributed by atoms with van der Waals surface area (Å²) in [6, 6.07) is -11.4. The standard InChI is InChI=1S/C61H103N15O17S/c1-13-32(8)48(75-56(87)42(28-45(65)80)71-55(86)41(26-29(2)3)70-52(83)38(63)23-25-94-12)59(90)73-46(30(4)5)57(88)68-39(16-14-15-24-62)53(84)67-34(10)51(82)76-49(35(11)77)60(91)74-47(31(6)7)58(89)69-40(21-22-44(64)79)54(85)66-33(9)50(81)72-43(61(92)93)27-36-17-19-37(78)20-18-36/h17-20,29-35,38-43,46-49,77-78H,13-16,21-28,62-63H2,1-12H3,(H2,64,79)(H2,65,80)(H,66,85)(H,67,84)(H,68,88)(H,69,89)(H,70,83)(H,71,86)(H,72,81)(H,73,90)(H,74,91)(H,75,87)(H,76,82)(H,92,93)/t32-,33-,34-,35+,38-,39-,40-,41-,42-,43-,46-,47-,48-,49-/m0/s1. The number of carboxylic acid groups (broad SMARTS) is 1. The second-order valence-electron chi connectivity index (χ2n) is 24.5. The number of thioether (sulfide) groups is 1. The lowest BCUT2D eigenvalue weighted by Gasteiger charge is -2.30. The highest BCUT2D eigenvalue weighted by molar-refractivity contribution is 7.98. The fraction of sp³-hybridized carbons (Fsp3) is 0.672. The molecule has 0 aliphatic carbocycles. The van der Waals surface area contributed by atoms with Crippen molar-refractivity contribution in [1.29, 1.82) is 0 Å². The van der Waals surface area contributed by atoms with Gasteiger partial charge in [-0.2, -0.15) is 11.8 Å². The van der Waals surface area contributed by atoms with Gasteiger partial charge in [-0.25, -0.2) is 4.79 Å². The average Bonchev–Trinajstić information content (AvgIpc) is 0.883. The van der Waals surface area contributed by atoms with Crippen molar-refractivity contribution in [2.45, 2.75) is 219 Å². The van der Waals surface area contributed by atoms with E-state index in [9.17, 15) is 82.4 Å². The fourth-order valence-corrected chi connectivity index (χ4v) is 9.69. The van der Waals surface area contributed by atoms with Gasteiger partial charge in [0.2, 0.25) is 76.8 Å². The molecule has 0 bridgehead atoms. The van der Waals surface area contributed by atoms with E-state index in [0.29, 0.717) is 30.6 Å². The van der Waals surface area contributed by atoms with E-state index in [4.69, 9.17) is 22.9 Å². The van der Waals surface area contributed by atoms with E-state index in [1.807, 2.05) is 6.26 Å². The molecule has 0 aliphatic rings. The van der Waals surface area contributed by atoms with E-state index in [-0.39, 0.29) is 43.9 Å². The van der Waals surface area contributed by atoms with E-state index in [1.165, 1.54) is 63.7 Å². The summed E-state index contributed by atoms with van der Waals surface area (Å²) in [5.41, 5.74) is 23.1. The second-order valence-corrected chi connectivity index (χ2v) is 25.5. The highest BCUT2D eigenvalue weighted by atomic mass is 32.2. The van der Waals surface area contributed by atoms with Crippen LogP contribution in [0.3, 0.4) is 0 Å². The van der Waals surface area contributed by atoms with Crippen molar-refractivity contribution in [1.82, 2.24) is 58.5 Å². The molecule has 0 unspecified atom stereocenters. The fourth-order valence-electron chi connectivity index (χ4n) is 9.20. The molecule has 0 saturated carbocycles. The molecule has 0 fully saturated rings. The number of unbranched alkanes of at least 4 members (excludes halogenated alkanes) is 1. The second kappa shape index (κ2) is 42.2. The molecule has 1 aromatic rings. The zero-order valence-corrected chi connectivity index (χ0v) is 56.7. The van der Waals surface area contributed by atoms with Gasteiger partial charge < -0.3 is 96.7 Å². The summed E-state index contributed by atoms with van der Waals surface area (Å²) in [5, 5.41) is 57.6. The highest BCUT2D eigenvalue weighted by Gasteiger charge is 2.39. The van der Waals surface area contributed by atoms with Crippen LogP contribution in [0.2, 0.25) is 0 Å². The maximum Gasteiger partial charge on any atom is 0.326 e. The molecule has 0 radical (unpaired) electrons. The average molecular weight is 1350 g/mol. The van der Waals surface area contributed by atoms with Gasteiger partial charge in [-0.05, 0) is 119 Å². The first-order chi connectivity index (χ1) is 43.9. The number of nitrogens with two attached hydrogens (primary N) is 4. The minimum atomic E-state index is -1.79. The predicted molar refractivity (Wildman–Crippen MR) is 348 cm³/mol. The Morgan fingerprint density at radius 1 is 0.489 bits per heavy atom. The Kier molecular flexibility index (Phi) is 37.7. The number of aliphatic hydroxyl groups excluding tert-OH is 1. The van der Waals surface area contributed by atoms with Gasteiger partial charge >= 0.3 is 5.97 Å². The van der Waals surface area contributed by atoms with Crippen molar-refractivity contribution in [2.24, 2.45) is 46.6 Å². The maximum absolute atomic E-state index is 14.3. The number of hydrogen-bond acceptors (Lipinski definition) is 19.